The lowest BCUT2D eigenvalue weighted by Gasteiger charge is -2.25. The van der Waals surface area contributed by atoms with Gasteiger partial charge in [-0.1, -0.05) is 69.5 Å². The predicted octanol–water partition coefficient (Wildman–Crippen LogP) is 9.06. The Morgan fingerprint density at radius 3 is 2.38 bits per heavy atom. The maximum atomic E-state index is 5.97. The van der Waals surface area contributed by atoms with Crippen molar-refractivity contribution < 1.29 is 4.42 Å². The fourth-order valence-corrected chi connectivity index (χ4v) is 5.57. The van der Waals surface area contributed by atoms with Crippen LogP contribution in [0.2, 0.25) is 0 Å². The number of anilines is 1. The molecule has 3 nitrogen and oxygen atoms in total. The molecule has 1 heterocycles. The average Bonchev–Trinajstić information content (AvgIpc) is 3.38. The van der Waals surface area contributed by atoms with E-state index in [1.54, 1.807) is 0 Å². The van der Waals surface area contributed by atoms with Gasteiger partial charge in [0.1, 0.15) is 11.2 Å². The van der Waals surface area contributed by atoms with Gasteiger partial charge in [-0.25, -0.2) is 4.99 Å². The van der Waals surface area contributed by atoms with Crippen molar-refractivity contribution in [1.82, 2.24) is 0 Å². The number of aliphatic imine (C=N–C) groups is 1. The first-order valence-corrected chi connectivity index (χ1v) is 12.6. The van der Waals surface area contributed by atoms with Crippen LogP contribution in [0.25, 0.3) is 44.3 Å². The lowest BCUT2D eigenvalue weighted by molar-refractivity contribution is 0.660. The number of fused-ring (bicyclic) bond motifs is 6. The number of rotatable bonds is 5. The van der Waals surface area contributed by atoms with Crippen molar-refractivity contribution in [3.05, 3.63) is 114 Å². The van der Waals surface area contributed by atoms with Crippen molar-refractivity contribution in [1.29, 1.82) is 0 Å². The van der Waals surface area contributed by atoms with Crippen LogP contribution in [0.3, 0.4) is 0 Å². The highest BCUT2D eigenvalue weighted by atomic mass is 16.3. The highest BCUT2D eigenvalue weighted by molar-refractivity contribution is 6.06. The molecule has 0 amide bonds. The van der Waals surface area contributed by atoms with Gasteiger partial charge < -0.3 is 9.32 Å². The third-order valence-corrected chi connectivity index (χ3v) is 7.64. The molecule has 0 bridgehead atoms. The van der Waals surface area contributed by atoms with Crippen LogP contribution in [0, 0.1) is 0 Å². The molecule has 0 radical (unpaired) electrons. The second kappa shape index (κ2) is 8.35. The van der Waals surface area contributed by atoms with Gasteiger partial charge >= 0.3 is 0 Å². The van der Waals surface area contributed by atoms with Gasteiger partial charge in [-0.2, -0.15) is 0 Å². The Kier molecular flexibility index (Phi) is 5.20. The Hall–Kier alpha value is -4.37. The molecule has 0 aliphatic heterocycles. The number of allylic oxidation sites excluding steroid dienone is 1. The third-order valence-electron chi connectivity index (χ3n) is 7.64. The summed E-state index contributed by atoms with van der Waals surface area (Å²) >= 11 is 0. The Bertz CT molecular complexity index is 1770. The summed E-state index contributed by atoms with van der Waals surface area (Å²) in [5, 5.41) is 2.17. The second-order valence-corrected chi connectivity index (χ2v) is 10.5. The number of nitrogens with zero attached hydrogens (tertiary/aromatic N) is 2. The number of furan rings is 1. The summed E-state index contributed by atoms with van der Waals surface area (Å²) in [6.45, 7) is 15.2. The molecule has 0 saturated carbocycles. The van der Waals surface area contributed by atoms with Crippen LogP contribution in [-0.2, 0) is 5.41 Å². The Balaban J connectivity index is 1.35. The molecular formula is C34H30N2O. The van der Waals surface area contributed by atoms with Crippen LogP contribution in [0.5, 0.6) is 0 Å². The number of para-hydroxylation sites is 1. The highest BCUT2D eigenvalue weighted by Crippen LogP contribution is 2.50. The van der Waals surface area contributed by atoms with Crippen LogP contribution >= 0.6 is 0 Å². The summed E-state index contributed by atoms with van der Waals surface area (Å²) < 4.78 is 5.97. The van der Waals surface area contributed by atoms with E-state index in [4.69, 9.17) is 9.41 Å². The fourth-order valence-electron chi connectivity index (χ4n) is 5.57. The average molecular weight is 483 g/mol. The fraction of sp³-hybridized carbons (Fsp3) is 0.147. The van der Waals surface area contributed by atoms with Crippen molar-refractivity contribution >= 4 is 45.2 Å². The van der Waals surface area contributed by atoms with Crippen LogP contribution in [0.15, 0.2) is 101 Å². The monoisotopic (exact) mass is 482 g/mol. The summed E-state index contributed by atoms with van der Waals surface area (Å²) in [6, 6.07) is 27.5. The largest absolute Gasteiger partial charge is 0.456 e. The van der Waals surface area contributed by atoms with E-state index in [0.717, 1.165) is 44.3 Å². The Morgan fingerprint density at radius 2 is 1.57 bits per heavy atom. The molecular weight excluding hydrogens is 452 g/mol. The Labute approximate surface area is 218 Å². The standard InChI is InChI=1S/C34H30N2O/c1-21(2)26-18-27-24-11-7-9-13-29(24)34(4,5)30(27)19-31(26)36(6)20-35-22(3)23-15-16-33-28(17-23)25-12-8-10-14-32(25)37-33/h7-20H,1,3H2,2,4-6H3. The normalized spacial score (nSPS) is 13.7. The molecule has 0 unspecified atom stereocenters. The van der Waals surface area contributed by atoms with Gasteiger partial charge in [0, 0.05) is 40.0 Å². The highest BCUT2D eigenvalue weighted by Gasteiger charge is 2.36. The molecule has 1 aliphatic carbocycles. The molecule has 1 aromatic heterocycles. The smallest absolute Gasteiger partial charge is 0.135 e. The van der Waals surface area contributed by atoms with Crippen LogP contribution in [0.1, 0.15) is 43.0 Å². The van der Waals surface area contributed by atoms with Gasteiger partial charge in [0.25, 0.3) is 0 Å². The van der Waals surface area contributed by atoms with Gasteiger partial charge in [0.15, 0.2) is 0 Å². The van der Waals surface area contributed by atoms with E-state index >= 15 is 0 Å². The zero-order chi connectivity index (χ0) is 25.9. The van der Waals surface area contributed by atoms with Crippen molar-refractivity contribution in [3.63, 3.8) is 0 Å². The predicted molar refractivity (Wildman–Crippen MR) is 158 cm³/mol. The van der Waals surface area contributed by atoms with Crippen molar-refractivity contribution in [2.75, 3.05) is 11.9 Å². The molecule has 3 heteroatoms. The minimum Gasteiger partial charge on any atom is -0.456 e. The summed E-state index contributed by atoms with van der Waals surface area (Å²) in [7, 11) is 2.03. The molecule has 37 heavy (non-hydrogen) atoms. The van der Waals surface area contributed by atoms with Gasteiger partial charge in [-0.3, -0.25) is 0 Å². The molecule has 0 saturated heterocycles. The molecule has 182 valence electrons. The van der Waals surface area contributed by atoms with E-state index in [-0.39, 0.29) is 5.41 Å². The van der Waals surface area contributed by atoms with Crippen LogP contribution in [-0.4, -0.2) is 13.4 Å². The minimum atomic E-state index is -0.0708. The first-order valence-electron chi connectivity index (χ1n) is 12.6. The van der Waals surface area contributed by atoms with Crippen molar-refractivity contribution in [2.24, 2.45) is 4.99 Å². The number of hydrogen-bond donors (Lipinski definition) is 0. The van der Waals surface area contributed by atoms with Gasteiger partial charge in [0.2, 0.25) is 0 Å². The third kappa shape index (κ3) is 3.62. The van der Waals surface area contributed by atoms with E-state index in [1.165, 1.54) is 22.3 Å². The van der Waals surface area contributed by atoms with E-state index in [0.29, 0.717) is 5.70 Å². The quantitative estimate of drug-likeness (QED) is 0.185. The first-order chi connectivity index (χ1) is 17.8. The van der Waals surface area contributed by atoms with Crippen molar-refractivity contribution in [3.8, 4) is 11.1 Å². The molecule has 0 N–H and O–H groups in total. The summed E-state index contributed by atoms with van der Waals surface area (Å²) in [5.41, 5.74) is 11.9. The van der Waals surface area contributed by atoms with E-state index in [2.05, 4.69) is 87.4 Å². The zero-order valence-electron chi connectivity index (χ0n) is 21.8. The molecule has 0 fully saturated rings. The summed E-state index contributed by atoms with van der Waals surface area (Å²) in [4.78, 5) is 6.83. The lowest BCUT2D eigenvalue weighted by atomic mass is 9.82. The number of hydrogen-bond acceptors (Lipinski definition) is 2. The molecule has 4 aromatic carbocycles. The topological polar surface area (TPSA) is 28.7 Å². The van der Waals surface area contributed by atoms with Crippen molar-refractivity contribution in [2.45, 2.75) is 26.2 Å². The summed E-state index contributed by atoms with van der Waals surface area (Å²) in [5.74, 6) is 0. The first kappa shape index (κ1) is 23.1. The molecule has 6 rings (SSSR count). The second-order valence-electron chi connectivity index (χ2n) is 10.5. The van der Waals surface area contributed by atoms with Crippen LogP contribution < -0.4 is 4.90 Å². The van der Waals surface area contributed by atoms with Crippen LogP contribution in [0.4, 0.5) is 5.69 Å². The zero-order valence-corrected chi connectivity index (χ0v) is 21.8. The Morgan fingerprint density at radius 1 is 0.838 bits per heavy atom. The SMILES string of the molecule is C=C(N=CN(C)c1cc2c(cc1C(=C)C)-c1ccccc1C2(C)C)c1ccc2oc3ccccc3c2c1. The van der Waals surface area contributed by atoms with E-state index < -0.39 is 0 Å². The lowest BCUT2D eigenvalue weighted by Crippen LogP contribution is -2.19. The summed E-state index contributed by atoms with van der Waals surface area (Å²) in [6.07, 6.45) is 1.85. The maximum Gasteiger partial charge on any atom is 0.135 e. The molecule has 1 aliphatic rings. The minimum absolute atomic E-state index is 0.0708. The van der Waals surface area contributed by atoms with Gasteiger partial charge in [0.05, 0.1) is 12.0 Å². The van der Waals surface area contributed by atoms with Gasteiger partial charge in [-0.15, -0.1) is 0 Å². The molecule has 0 spiro atoms. The van der Waals surface area contributed by atoms with Gasteiger partial charge in [-0.05, 0) is 71.1 Å². The maximum absolute atomic E-state index is 5.97. The van der Waals surface area contributed by atoms with E-state index in [9.17, 15) is 0 Å². The van der Waals surface area contributed by atoms with E-state index in [1.807, 2.05) is 43.7 Å². The molecule has 5 aromatic rings. The molecule has 0 atom stereocenters. The number of benzene rings is 4.